The van der Waals surface area contributed by atoms with Crippen molar-refractivity contribution in [3.05, 3.63) is 71.8 Å². The van der Waals surface area contributed by atoms with Crippen LogP contribution >= 0.6 is 0 Å². The summed E-state index contributed by atoms with van der Waals surface area (Å²) >= 11 is 0. The van der Waals surface area contributed by atoms with Gasteiger partial charge in [-0.15, -0.1) is 0 Å². The van der Waals surface area contributed by atoms with Gasteiger partial charge in [0.15, 0.2) is 0 Å². The summed E-state index contributed by atoms with van der Waals surface area (Å²) in [5, 5.41) is 7.99. The Balaban J connectivity index is 1.61. The number of hydrogen-bond acceptors (Lipinski definition) is 4. The Bertz CT molecular complexity index is 750. The first-order chi connectivity index (χ1) is 14.1. The Morgan fingerprint density at radius 2 is 1.14 bits per heavy atom. The lowest BCUT2D eigenvalue weighted by Crippen LogP contribution is -2.20. The van der Waals surface area contributed by atoms with Crippen LogP contribution < -0.4 is 10.9 Å². The number of carbonyl (C=O) groups is 2. The minimum Gasteiger partial charge on any atom is -0.273 e. The second-order valence-electron chi connectivity index (χ2n) is 6.88. The monoisotopic (exact) mass is 392 g/mol. The number of amides is 2. The number of nitrogens with zero attached hydrogens (tertiary/aromatic N) is 2. The fourth-order valence-corrected chi connectivity index (χ4v) is 2.65. The molecule has 0 saturated heterocycles. The van der Waals surface area contributed by atoms with E-state index in [0.29, 0.717) is 6.42 Å². The molecule has 0 spiro atoms. The van der Waals surface area contributed by atoms with E-state index in [1.54, 1.807) is 12.4 Å². The average molecular weight is 393 g/mol. The summed E-state index contributed by atoms with van der Waals surface area (Å²) in [4.78, 5) is 23.6. The minimum absolute atomic E-state index is 0.110. The Morgan fingerprint density at radius 3 is 1.52 bits per heavy atom. The molecular weight excluding hydrogens is 364 g/mol. The molecule has 6 nitrogen and oxygen atoms in total. The molecule has 2 rings (SSSR count). The Hall–Kier alpha value is -3.28. The van der Waals surface area contributed by atoms with Crippen molar-refractivity contribution in [2.24, 2.45) is 10.2 Å². The highest BCUT2D eigenvalue weighted by Gasteiger charge is 2.06. The molecule has 0 heterocycles. The van der Waals surface area contributed by atoms with Crippen molar-refractivity contribution in [1.29, 1.82) is 0 Å². The van der Waals surface area contributed by atoms with Crippen LogP contribution in [0.1, 0.15) is 56.1 Å². The molecule has 0 aromatic heterocycles. The number of rotatable bonds is 10. The second kappa shape index (κ2) is 12.2. The molecule has 0 aliphatic carbocycles. The predicted octanol–water partition coefficient (Wildman–Crippen LogP) is 3.97. The van der Waals surface area contributed by atoms with Gasteiger partial charge in [-0.05, 0) is 17.5 Å². The molecular formula is C23H28N4O2. The van der Waals surface area contributed by atoms with E-state index >= 15 is 0 Å². The summed E-state index contributed by atoms with van der Waals surface area (Å²) in [6, 6.07) is 19.8. The fraction of sp³-hybridized carbons (Fsp3) is 0.304. The Kier molecular flexibility index (Phi) is 9.29. The summed E-state index contributed by atoms with van der Waals surface area (Å²) in [5.41, 5.74) is 7.26. The molecule has 2 N–H and O–H groups in total. The predicted molar refractivity (Wildman–Crippen MR) is 117 cm³/mol. The van der Waals surface area contributed by atoms with Crippen molar-refractivity contribution < 1.29 is 9.59 Å². The molecule has 0 unspecified atom stereocenters. The van der Waals surface area contributed by atoms with Crippen molar-refractivity contribution in [2.75, 3.05) is 0 Å². The molecule has 2 amide bonds. The van der Waals surface area contributed by atoms with Crippen molar-refractivity contribution in [3.63, 3.8) is 0 Å². The van der Waals surface area contributed by atoms with Crippen LogP contribution in [0, 0.1) is 0 Å². The van der Waals surface area contributed by atoms with Gasteiger partial charge in [0.05, 0.1) is 0 Å². The van der Waals surface area contributed by atoms with Crippen molar-refractivity contribution in [3.8, 4) is 0 Å². The van der Waals surface area contributed by atoms with Gasteiger partial charge < -0.3 is 0 Å². The fourth-order valence-electron chi connectivity index (χ4n) is 2.65. The zero-order chi connectivity index (χ0) is 20.9. The average Bonchev–Trinajstić information content (AvgIpc) is 2.75. The first-order valence-electron chi connectivity index (χ1n) is 9.80. The first kappa shape index (κ1) is 22.0. The molecule has 2 aromatic carbocycles. The van der Waals surface area contributed by atoms with Crippen LogP contribution in [0.3, 0.4) is 0 Å². The molecule has 152 valence electrons. The number of hydrogen-bond donors (Lipinski definition) is 2. The highest BCUT2D eigenvalue weighted by atomic mass is 16.2. The van der Waals surface area contributed by atoms with Crippen LogP contribution in [0.2, 0.25) is 0 Å². The third-order valence-corrected chi connectivity index (χ3v) is 4.43. The lowest BCUT2D eigenvalue weighted by atomic mass is 10.0. The van der Waals surface area contributed by atoms with E-state index < -0.39 is 0 Å². The molecule has 0 aliphatic rings. The van der Waals surface area contributed by atoms with Crippen molar-refractivity contribution >= 4 is 24.2 Å². The van der Waals surface area contributed by atoms with Crippen LogP contribution in [0.5, 0.6) is 0 Å². The Labute approximate surface area is 172 Å². The molecule has 0 bridgehead atoms. The van der Waals surface area contributed by atoms with Gasteiger partial charge in [-0.3, -0.25) is 9.59 Å². The largest absolute Gasteiger partial charge is 0.273 e. The first-order valence-corrected chi connectivity index (χ1v) is 9.80. The third-order valence-electron chi connectivity index (χ3n) is 4.43. The van der Waals surface area contributed by atoms with Crippen LogP contribution in [-0.2, 0) is 9.59 Å². The number of hydrazone groups is 2. The lowest BCUT2D eigenvalue weighted by Gasteiger charge is -2.06. The van der Waals surface area contributed by atoms with Gasteiger partial charge in [0, 0.05) is 37.1 Å². The van der Waals surface area contributed by atoms with Gasteiger partial charge in [-0.25, -0.2) is 10.9 Å². The Morgan fingerprint density at radius 1 is 0.759 bits per heavy atom. The topological polar surface area (TPSA) is 82.9 Å². The summed E-state index contributed by atoms with van der Waals surface area (Å²) < 4.78 is 0. The van der Waals surface area contributed by atoms with E-state index in [0.717, 1.165) is 11.1 Å². The third kappa shape index (κ3) is 8.51. The van der Waals surface area contributed by atoms with E-state index in [1.165, 1.54) is 0 Å². The normalized spacial score (nSPS) is 13.3. The van der Waals surface area contributed by atoms with Gasteiger partial charge in [-0.1, -0.05) is 74.5 Å². The minimum atomic E-state index is -0.212. The van der Waals surface area contributed by atoms with Gasteiger partial charge in [0.2, 0.25) is 11.8 Å². The van der Waals surface area contributed by atoms with Crippen molar-refractivity contribution in [1.82, 2.24) is 10.9 Å². The van der Waals surface area contributed by atoms with Crippen molar-refractivity contribution in [2.45, 2.75) is 44.9 Å². The SMILES string of the molecule is C[C@H](/C=N\NC(=O)CCCC(=O)N/N=C\[C@H](C)c1ccccc1)c1ccccc1. The molecule has 2 atom stereocenters. The highest BCUT2D eigenvalue weighted by molar-refractivity contribution is 5.80. The molecule has 0 saturated carbocycles. The van der Waals surface area contributed by atoms with E-state index in [4.69, 9.17) is 0 Å². The van der Waals surface area contributed by atoms with E-state index in [2.05, 4.69) is 21.1 Å². The van der Waals surface area contributed by atoms with Crippen LogP contribution in [0.15, 0.2) is 70.9 Å². The zero-order valence-electron chi connectivity index (χ0n) is 16.9. The van der Waals surface area contributed by atoms with Gasteiger partial charge in [-0.2, -0.15) is 10.2 Å². The highest BCUT2D eigenvalue weighted by Crippen LogP contribution is 2.12. The molecule has 0 fully saturated rings. The molecule has 6 heteroatoms. The molecule has 0 radical (unpaired) electrons. The van der Waals surface area contributed by atoms with E-state index in [1.807, 2.05) is 74.5 Å². The van der Waals surface area contributed by atoms with Crippen LogP contribution in [0.25, 0.3) is 0 Å². The number of carbonyl (C=O) groups excluding carboxylic acids is 2. The van der Waals surface area contributed by atoms with Gasteiger partial charge in [0.25, 0.3) is 0 Å². The maximum atomic E-state index is 11.8. The number of benzene rings is 2. The van der Waals surface area contributed by atoms with Crippen LogP contribution in [-0.4, -0.2) is 24.2 Å². The molecule has 2 aromatic rings. The van der Waals surface area contributed by atoms with Gasteiger partial charge in [0.1, 0.15) is 0 Å². The summed E-state index contributed by atoms with van der Waals surface area (Å²) in [5.74, 6) is -0.206. The molecule has 0 aliphatic heterocycles. The standard InChI is InChI=1S/C23H28N4O2/c1-18(20-10-5-3-6-11-20)16-24-26-22(28)14-9-15-23(29)27-25-17-19(2)21-12-7-4-8-13-21/h3-8,10-13,16-19H,9,14-15H2,1-2H3,(H,26,28)(H,27,29)/b24-16-,25-17-/t18-,19+. The number of nitrogens with one attached hydrogen (secondary N) is 2. The van der Waals surface area contributed by atoms with Crippen LogP contribution in [0.4, 0.5) is 0 Å². The maximum Gasteiger partial charge on any atom is 0.240 e. The van der Waals surface area contributed by atoms with Gasteiger partial charge >= 0.3 is 0 Å². The lowest BCUT2D eigenvalue weighted by molar-refractivity contribution is -0.122. The summed E-state index contributed by atoms with van der Waals surface area (Å²) in [6.45, 7) is 4.02. The van der Waals surface area contributed by atoms with E-state index in [-0.39, 0.29) is 36.5 Å². The second-order valence-corrected chi connectivity index (χ2v) is 6.88. The summed E-state index contributed by atoms with van der Waals surface area (Å²) in [6.07, 6.45) is 4.29. The van der Waals surface area contributed by atoms with E-state index in [9.17, 15) is 9.59 Å². The smallest absolute Gasteiger partial charge is 0.240 e. The maximum absolute atomic E-state index is 11.8. The summed E-state index contributed by atoms with van der Waals surface area (Å²) in [7, 11) is 0. The quantitative estimate of drug-likeness (QED) is 0.474. The zero-order valence-corrected chi connectivity index (χ0v) is 16.9. The molecule has 29 heavy (non-hydrogen) atoms.